The van der Waals surface area contributed by atoms with Crippen molar-refractivity contribution in [1.29, 1.82) is 0 Å². The molecule has 0 aliphatic rings. The number of rotatable bonds is 8. The third-order valence-electron chi connectivity index (χ3n) is 3.32. The predicted molar refractivity (Wildman–Crippen MR) is 91.4 cm³/mol. The van der Waals surface area contributed by atoms with Crippen LogP contribution in [-0.2, 0) is 4.74 Å². The van der Waals surface area contributed by atoms with Gasteiger partial charge in [0.15, 0.2) is 0 Å². The molecule has 0 aliphatic heterocycles. The summed E-state index contributed by atoms with van der Waals surface area (Å²) in [5.74, 6) is 0.193. The summed E-state index contributed by atoms with van der Waals surface area (Å²) in [6.07, 6.45) is 0. The average molecular weight is 346 g/mol. The topological polar surface area (TPSA) is 99.9 Å². The van der Waals surface area contributed by atoms with Crippen LogP contribution in [-0.4, -0.2) is 38.3 Å². The molecule has 2 aromatic carbocycles. The van der Waals surface area contributed by atoms with E-state index in [2.05, 4.69) is 5.32 Å². The molecular formula is C17H18N2O6. The molecule has 0 bridgehead atoms. The van der Waals surface area contributed by atoms with Gasteiger partial charge >= 0.3 is 0 Å². The monoisotopic (exact) mass is 346 g/mol. The van der Waals surface area contributed by atoms with Gasteiger partial charge in [-0.15, -0.1) is 0 Å². The lowest BCUT2D eigenvalue weighted by atomic mass is 10.1. The van der Waals surface area contributed by atoms with E-state index in [1.165, 1.54) is 25.3 Å². The smallest absolute Gasteiger partial charge is 0.273 e. The van der Waals surface area contributed by atoms with Gasteiger partial charge in [0.25, 0.3) is 11.6 Å². The van der Waals surface area contributed by atoms with E-state index in [0.29, 0.717) is 30.2 Å². The number of nitrogens with zero attached hydrogens (tertiary/aromatic N) is 1. The lowest BCUT2D eigenvalue weighted by molar-refractivity contribution is -0.384. The first kappa shape index (κ1) is 18.2. The highest BCUT2D eigenvalue weighted by Crippen LogP contribution is 2.30. The number of benzene rings is 2. The van der Waals surface area contributed by atoms with E-state index < -0.39 is 10.8 Å². The minimum absolute atomic E-state index is 0.127. The Kier molecular flexibility index (Phi) is 6.30. The van der Waals surface area contributed by atoms with Gasteiger partial charge in [0, 0.05) is 13.2 Å². The van der Waals surface area contributed by atoms with Crippen molar-refractivity contribution < 1.29 is 23.9 Å². The number of anilines is 1. The van der Waals surface area contributed by atoms with E-state index >= 15 is 0 Å². The predicted octanol–water partition coefficient (Wildman–Crippen LogP) is 2.88. The Labute approximate surface area is 144 Å². The number of amides is 1. The van der Waals surface area contributed by atoms with Crippen molar-refractivity contribution >= 4 is 17.3 Å². The van der Waals surface area contributed by atoms with E-state index in [1.54, 1.807) is 31.4 Å². The van der Waals surface area contributed by atoms with Gasteiger partial charge in [-0.2, -0.15) is 0 Å². The van der Waals surface area contributed by atoms with Crippen molar-refractivity contribution in [3.8, 4) is 11.5 Å². The molecule has 8 heteroatoms. The quantitative estimate of drug-likeness (QED) is 0.448. The molecule has 1 N–H and O–H groups in total. The highest BCUT2D eigenvalue weighted by molar-refractivity contribution is 6.06. The second kappa shape index (κ2) is 8.65. The highest BCUT2D eigenvalue weighted by atomic mass is 16.6. The fraction of sp³-hybridized carbons (Fsp3) is 0.235. The van der Waals surface area contributed by atoms with Crippen LogP contribution in [0.2, 0.25) is 0 Å². The Morgan fingerprint density at radius 2 is 1.88 bits per heavy atom. The van der Waals surface area contributed by atoms with Crippen LogP contribution in [0.1, 0.15) is 10.4 Å². The Hall–Kier alpha value is -3.13. The molecule has 0 fully saturated rings. The molecule has 25 heavy (non-hydrogen) atoms. The van der Waals surface area contributed by atoms with Gasteiger partial charge in [-0.1, -0.05) is 12.1 Å². The number of ether oxygens (including phenoxy) is 3. The SMILES string of the molecule is COCCOc1ccccc1C(=O)Nc1ccc([N+](=O)[O-])cc1OC. The molecule has 0 radical (unpaired) electrons. The Balaban J connectivity index is 2.21. The first-order valence-corrected chi connectivity index (χ1v) is 7.41. The zero-order valence-electron chi connectivity index (χ0n) is 13.9. The first-order valence-electron chi connectivity index (χ1n) is 7.41. The average Bonchev–Trinajstić information content (AvgIpc) is 2.62. The molecule has 0 aromatic heterocycles. The van der Waals surface area contributed by atoms with Gasteiger partial charge in [0.2, 0.25) is 0 Å². The standard InChI is InChI=1S/C17H18N2O6/c1-23-9-10-25-15-6-4-3-5-13(15)17(20)18-14-8-7-12(19(21)22)11-16(14)24-2/h3-8,11H,9-10H2,1-2H3,(H,18,20). The fourth-order valence-electron chi connectivity index (χ4n) is 2.10. The second-order valence-electron chi connectivity index (χ2n) is 4.93. The summed E-state index contributed by atoms with van der Waals surface area (Å²) in [5, 5.41) is 13.5. The Bertz CT molecular complexity index is 763. The molecular weight excluding hydrogens is 328 g/mol. The van der Waals surface area contributed by atoms with E-state index in [9.17, 15) is 14.9 Å². The van der Waals surface area contributed by atoms with E-state index in [-0.39, 0.29) is 11.4 Å². The van der Waals surface area contributed by atoms with Crippen LogP contribution in [0.3, 0.4) is 0 Å². The summed E-state index contributed by atoms with van der Waals surface area (Å²) in [6.45, 7) is 0.702. The van der Waals surface area contributed by atoms with Crippen LogP contribution < -0.4 is 14.8 Å². The Morgan fingerprint density at radius 1 is 1.12 bits per heavy atom. The van der Waals surface area contributed by atoms with Gasteiger partial charge in [0.1, 0.15) is 18.1 Å². The number of carbonyl (C=O) groups excluding carboxylic acids is 1. The molecule has 132 valence electrons. The van der Waals surface area contributed by atoms with E-state index in [4.69, 9.17) is 14.2 Å². The minimum atomic E-state index is -0.535. The van der Waals surface area contributed by atoms with E-state index in [1.807, 2.05) is 0 Å². The number of hydrogen-bond donors (Lipinski definition) is 1. The maximum Gasteiger partial charge on any atom is 0.273 e. The normalized spacial score (nSPS) is 10.2. The maximum atomic E-state index is 12.5. The van der Waals surface area contributed by atoms with Crippen molar-refractivity contribution in [1.82, 2.24) is 0 Å². The number of nitro groups is 1. The molecule has 0 saturated heterocycles. The third kappa shape index (κ3) is 4.67. The highest BCUT2D eigenvalue weighted by Gasteiger charge is 2.16. The fourth-order valence-corrected chi connectivity index (χ4v) is 2.10. The molecule has 2 rings (SSSR count). The number of nitro benzene ring substituents is 1. The number of para-hydroxylation sites is 1. The summed E-state index contributed by atoms with van der Waals surface area (Å²) >= 11 is 0. The Morgan fingerprint density at radius 3 is 2.56 bits per heavy atom. The molecule has 0 unspecified atom stereocenters. The summed E-state index contributed by atoms with van der Waals surface area (Å²) in [5.41, 5.74) is 0.530. The van der Waals surface area contributed by atoms with Crippen molar-refractivity contribution in [2.45, 2.75) is 0 Å². The lowest BCUT2D eigenvalue weighted by Crippen LogP contribution is -2.15. The van der Waals surface area contributed by atoms with Crippen molar-refractivity contribution in [2.75, 3.05) is 32.8 Å². The van der Waals surface area contributed by atoms with Crippen LogP contribution in [0.5, 0.6) is 11.5 Å². The number of methoxy groups -OCH3 is 2. The van der Waals surface area contributed by atoms with Crippen LogP contribution in [0, 0.1) is 10.1 Å². The van der Waals surface area contributed by atoms with Gasteiger partial charge < -0.3 is 19.5 Å². The molecule has 0 aliphatic carbocycles. The van der Waals surface area contributed by atoms with Crippen LogP contribution >= 0.6 is 0 Å². The van der Waals surface area contributed by atoms with Crippen LogP contribution in [0.25, 0.3) is 0 Å². The number of carbonyl (C=O) groups is 1. The summed E-state index contributed by atoms with van der Waals surface area (Å²) < 4.78 is 15.6. The zero-order chi connectivity index (χ0) is 18.2. The largest absolute Gasteiger partial charge is 0.494 e. The first-order chi connectivity index (χ1) is 12.1. The minimum Gasteiger partial charge on any atom is -0.494 e. The van der Waals surface area contributed by atoms with Crippen molar-refractivity contribution in [3.05, 3.63) is 58.1 Å². The molecule has 0 heterocycles. The number of hydrogen-bond acceptors (Lipinski definition) is 6. The second-order valence-corrected chi connectivity index (χ2v) is 4.93. The molecule has 2 aromatic rings. The zero-order valence-corrected chi connectivity index (χ0v) is 13.9. The van der Waals surface area contributed by atoms with Crippen molar-refractivity contribution in [2.24, 2.45) is 0 Å². The van der Waals surface area contributed by atoms with Crippen LogP contribution in [0.4, 0.5) is 11.4 Å². The lowest BCUT2D eigenvalue weighted by Gasteiger charge is -2.13. The number of non-ortho nitro benzene ring substituents is 1. The summed E-state index contributed by atoms with van der Waals surface area (Å²) in [7, 11) is 2.93. The molecule has 0 saturated carbocycles. The summed E-state index contributed by atoms with van der Waals surface area (Å²) in [4.78, 5) is 22.8. The summed E-state index contributed by atoms with van der Waals surface area (Å²) in [6, 6.07) is 10.7. The van der Waals surface area contributed by atoms with Crippen molar-refractivity contribution in [3.63, 3.8) is 0 Å². The third-order valence-corrected chi connectivity index (χ3v) is 3.32. The molecule has 0 atom stereocenters. The van der Waals surface area contributed by atoms with Crippen LogP contribution in [0.15, 0.2) is 42.5 Å². The van der Waals surface area contributed by atoms with Gasteiger partial charge in [0.05, 0.1) is 36.0 Å². The van der Waals surface area contributed by atoms with E-state index in [0.717, 1.165) is 0 Å². The van der Waals surface area contributed by atoms with Gasteiger partial charge in [-0.3, -0.25) is 14.9 Å². The molecule has 0 spiro atoms. The number of nitrogens with one attached hydrogen (secondary N) is 1. The maximum absolute atomic E-state index is 12.5. The van der Waals surface area contributed by atoms with Gasteiger partial charge in [-0.05, 0) is 18.2 Å². The van der Waals surface area contributed by atoms with Gasteiger partial charge in [-0.25, -0.2) is 0 Å². The molecule has 1 amide bonds. The molecule has 8 nitrogen and oxygen atoms in total.